The fraction of sp³-hybridized carbons (Fsp3) is 0.154. The Hall–Kier alpha value is -1.92. The molecule has 0 bridgehead atoms. The molecule has 0 atom stereocenters. The third kappa shape index (κ3) is 2.74. The van der Waals surface area contributed by atoms with E-state index in [1.165, 1.54) is 32.4 Å². The van der Waals surface area contributed by atoms with Crippen LogP contribution in [0.25, 0.3) is 11.1 Å². The Kier molecular flexibility index (Phi) is 3.55. The molecule has 2 aromatic rings. The molecule has 0 aliphatic heterocycles. The molecule has 5 nitrogen and oxygen atoms in total. The van der Waals surface area contributed by atoms with Crippen molar-refractivity contribution < 1.29 is 13.5 Å². The summed E-state index contributed by atoms with van der Waals surface area (Å²) in [6.07, 6.45) is 2.95. The number of pyridine rings is 1. The highest BCUT2D eigenvalue weighted by Crippen LogP contribution is 2.23. The molecule has 0 amide bonds. The smallest absolute Gasteiger partial charge is 0.242 e. The van der Waals surface area contributed by atoms with Gasteiger partial charge in [-0.3, -0.25) is 4.98 Å². The lowest BCUT2D eigenvalue weighted by atomic mass is 10.1. The molecule has 0 spiro atoms. The van der Waals surface area contributed by atoms with Gasteiger partial charge in [0.1, 0.15) is 5.75 Å². The maximum Gasteiger partial charge on any atom is 0.242 e. The maximum absolute atomic E-state index is 11.9. The summed E-state index contributed by atoms with van der Waals surface area (Å²) < 4.78 is 25.0. The van der Waals surface area contributed by atoms with Crippen molar-refractivity contribution in [2.45, 2.75) is 4.90 Å². The van der Waals surface area contributed by atoms with Crippen LogP contribution in [0.2, 0.25) is 0 Å². The monoisotopic (exact) mass is 278 g/mol. The molecule has 0 radical (unpaired) electrons. The van der Waals surface area contributed by atoms with Gasteiger partial charge in [-0.15, -0.1) is 0 Å². The van der Waals surface area contributed by atoms with E-state index in [4.69, 9.17) is 0 Å². The lowest BCUT2D eigenvalue weighted by Crippen LogP contribution is -2.22. The first-order chi connectivity index (χ1) is 8.91. The van der Waals surface area contributed by atoms with Crippen molar-refractivity contribution in [1.29, 1.82) is 0 Å². The van der Waals surface area contributed by atoms with Gasteiger partial charge < -0.3 is 5.11 Å². The minimum absolute atomic E-state index is 0.0717. The first kappa shape index (κ1) is 13.5. The molecule has 0 saturated heterocycles. The zero-order valence-corrected chi connectivity index (χ0v) is 11.4. The number of nitrogens with zero attached hydrogens (tertiary/aromatic N) is 2. The predicted octanol–water partition coefficient (Wildman–Crippen LogP) is 1.70. The standard InChI is InChI=1S/C13H14N2O3S/c1-15(2)19(17,18)13-5-3-10(4-6-13)11-7-12(16)9-14-8-11/h3-9,16H,1-2H3. The first-order valence-electron chi connectivity index (χ1n) is 5.58. The van der Waals surface area contributed by atoms with Crippen LogP contribution in [0.3, 0.4) is 0 Å². The van der Waals surface area contributed by atoms with E-state index < -0.39 is 10.0 Å². The van der Waals surface area contributed by atoms with E-state index in [1.807, 2.05) is 0 Å². The van der Waals surface area contributed by atoms with Crippen LogP contribution in [-0.4, -0.2) is 36.9 Å². The average molecular weight is 278 g/mol. The Morgan fingerprint density at radius 1 is 1.05 bits per heavy atom. The molecule has 0 unspecified atom stereocenters. The summed E-state index contributed by atoms with van der Waals surface area (Å²) in [6.45, 7) is 0. The normalized spacial score (nSPS) is 11.7. The number of rotatable bonds is 3. The van der Waals surface area contributed by atoms with E-state index in [1.54, 1.807) is 24.4 Å². The van der Waals surface area contributed by atoms with Gasteiger partial charge in [-0.1, -0.05) is 12.1 Å². The number of sulfonamides is 1. The van der Waals surface area contributed by atoms with Crippen LogP contribution in [0, 0.1) is 0 Å². The summed E-state index contributed by atoms with van der Waals surface area (Å²) >= 11 is 0. The van der Waals surface area contributed by atoms with E-state index in [-0.39, 0.29) is 10.6 Å². The van der Waals surface area contributed by atoms with Crippen LogP contribution >= 0.6 is 0 Å². The van der Waals surface area contributed by atoms with Crippen molar-refractivity contribution in [2.24, 2.45) is 0 Å². The van der Waals surface area contributed by atoms with Crippen molar-refractivity contribution in [2.75, 3.05) is 14.1 Å². The van der Waals surface area contributed by atoms with Gasteiger partial charge in [-0.2, -0.15) is 0 Å². The van der Waals surface area contributed by atoms with Gasteiger partial charge in [-0.25, -0.2) is 12.7 Å². The van der Waals surface area contributed by atoms with E-state index in [0.29, 0.717) is 0 Å². The molecule has 1 aromatic carbocycles. The second-order valence-corrected chi connectivity index (χ2v) is 6.40. The fourth-order valence-corrected chi connectivity index (χ4v) is 2.52. The van der Waals surface area contributed by atoms with Gasteiger partial charge in [0.2, 0.25) is 10.0 Å². The first-order valence-corrected chi connectivity index (χ1v) is 7.02. The van der Waals surface area contributed by atoms with Gasteiger partial charge in [0.05, 0.1) is 11.1 Å². The molecule has 2 rings (SSSR count). The Balaban J connectivity index is 2.39. The summed E-state index contributed by atoms with van der Waals surface area (Å²) in [5.41, 5.74) is 1.52. The maximum atomic E-state index is 11.9. The number of benzene rings is 1. The second kappa shape index (κ2) is 4.99. The van der Waals surface area contributed by atoms with Crippen LogP contribution in [0.1, 0.15) is 0 Å². The van der Waals surface area contributed by atoms with Gasteiger partial charge >= 0.3 is 0 Å². The van der Waals surface area contributed by atoms with E-state index in [0.717, 1.165) is 15.4 Å². The molecule has 1 aromatic heterocycles. The zero-order valence-electron chi connectivity index (χ0n) is 10.6. The summed E-state index contributed by atoms with van der Waals surface area (Å²) in [7, 11) is -0.439. The van der Waals surface area contributed by atoms with E-state index >= 15 is 0 Å². The summed E-state index contributed by atoms with van der Waals surface area (Å²) in [4.78, 5) is 4.11. The topological polar surface area (TPSA) is 70.5 Å². The van der Waals surface area contributed by atoms with Crippen LogP contribution in [-0.2, 0) is 10.0 Å². The van der Waals surface area contributed by atoms with Crippen LogP contribution in [0.4, 0.5) is 0 Å². The van der Waals surface area contributed by atoms with Crippen molar-refractivity contribution in [3.05, 3.63) is 42.7 Å². The van der Waals surface area contributed by atoms with Gasteiger partial charge in [0.25, 0.3) is 0 Å². The quantitative estimate of drug-likeness (QED) is 0.927. The van der Waals surface area contributed by atoms with Crippen molar-refractivity contribution in [3.63, 3.8) is 0 Å². The summed E-state index contributed by atoms with van der Waals surface area (Å²) in [5.74, 6) is 0.0717. The Morgan fingerprint density at radius 3 is 2.21 bits per heavy atom. The Morgan fingerprint density at radius 2 is 1.68 bits per heavy atom. The van der Waals surface area contributed by atoms with Gasteiger partial charge in [-0.05, 0) is 23.8 Å². The molecule has 0 aliphatic rings. The molecule has 0 aliphatic carbocycles. The van der Waals surface area contributed by atoms with Crippen LogP contribution < -0.4 is 0 Å². The third-order valence-corrected chi connectivity index (χ3v) is 4.52. The van der Waals surface area contributed by atoms with Gasteiger partial charge in [0.15, 0.2) is 0 Å². The molecule has 19 heavy (non-hydrogen) atoms. The largest absolute Gasteiger partial charge is 0.506 e. The molecule has 0 fully saturated rings. The van der Waals surface area contributed by atoms with Crippen LogP contribution in [0.5, 0.6) is 5.75 Å². The molecule has 6 heteroatoms. The van der Waals surface area contributed by atoms with E-state index in [9.17, 15) is 13.5 Å². The SMILES string of the molecule is CN(C)S(=O)(=O)c1ccc(-c2cncc(O)c2)cc1. The minimum Gasteiger partial charge on any atom is -0.506 e. The Labute approximate surface area is 112 Å². The van der Waals surface area contributed by atoms with Crippen molar-refractivity contribution in [1.82, 2.24) is 9.29 Å². The Bertz CT molecular complexity index is 679. The highest BCUT2D eigenvalue weighted by molar-refractivity contribution is 7.89. The number of hydrogen-bond acceptors (Lipinski definition) is 4. The van der Waals surface area contributed by atoms with Crippen LogP contribution in [0.15, 0.2) is 47.6 Å². The number of aromatic nitrogens is 1. The fourth-order valence-electron chi connectivity index (χ4n) is 1.62. The molecule has 100 valence electrons. The lowest BCUT2D eigenvalue weighted by molar-refractivity contribution is 0.473. The third-order valence-electron chi connectivity index (χ3n) is 2.69. The highest BCUT2D eigenvalue weighted by Gasteiger charge is 2.16. The molecule has 1 N–H and O–H groups in total. The average Bonchev–Trinajstić information content (AvgIpc) is 2.38. The molecular formula is C13H14N2O3S. The number of hydrogen-bond donors (Lipinski definition) is 1. The molecular weight excluding hydrogens is 264 g/mol. The molecule has 0 saturated carbocycles. The highest BCUT2D eigenvalue weighted by atomic mass is 32.2. The predicted molar refractivity (Wildman–Crippen MR) is 72.2 cm³/mol. The van der Waals surface area contributed by atoms with Crippen molar-refractivity contribution in [3.8, 4) is 16.9 Å². The van der Waals surface area contributed by atoms with E-state index in [2.05, 4.69) is 4.98 Å². The zero-order chi connectivity index (χ0) is 14.0. The molecule has 1 heterocycles. The minimum atomic E-state index is -3.42. The summed E-state index contributed by atoms with van der Waals surface area (Å²) in [5, 5.41) is 9.37. The summed E-state index contributed by atoms with van der Waals surface area (Å²) in [6, 6.07) is 8.02. The van der Waals surface area contributed by atoms with Gasteiger partial charge in [0, 0.05) is 25.9 Å². The lowest BCUT2D eigenvalue weighted by Gasteiger charge is -2.11. The van der Waals surface area contributed by atoms with Crippen molar-refractivity contribution >= 4 is 10.0 Å². The second-order valence-electron chi connectivity index (χ2n) is 4.24. The number of aromatic hydroxyl groups is 1.